The lowest BCUT2D eigenvalue weighted by Gasteiger charge is -2.32. The summed E-state index contributed by atoms with van der Waals surface area (Å²) < 4.78 is 35.8. The molecule has 1 N–H and O–H groups in total. The van der Waals surface area contributed by atoms with E-state index < -0.39 is 12.6 Å². The Kier molecular flexibility index (Phi) is 5.77. The predicted molar refractivity (Wildman–Crippen MR) is 63.9 cm³/mol. The first kappa shape index (κ1) is 14.8. The number of rotatable bonds is 5. The molecule has 2 unspecified atom stereocenters. The molecule has 1 fully saturated rings. The van der Waals surface area contributed by atoms with E-state index in [1.54, 1.807) is 0 Å². The third-order valence-electron chi connectivity index (χ3n) is 3.50. The van der Waals surface area contributed by atoms with Crippen LogP contribution in [0.3, 0.4) is 0 Å². The van der Waals surface area contributed by atoms with Gasteiger partial charge in [0.25, 0.3) is 0 Å². The molecule has 0 saturated heterocycles. The van der Waals surface area contributed by atoms with Crippen LogP contribution >= 0.6 is 0 Å². The van der Waals surface area contributed by atoms with Gasteiger partial charge in [0.15, 0.2) is 0 Å². The van der Waals surface area contributed by atoms with Gasteiger partial charge in [-0.3, -0.25) is 0 Å². The third-order valence-corrected chi connectivity index (χ3v) is 3.50. The second kappa shape index (κ2) is 6.62. The van der Waals surface area contributed by atoms with Gasteiger partial charge in [0.1, 0.15) is 0 Å². The molecule has 17 heavy (non-hydrogen) atoms. The minimum absolute atomic E-state index is 0.244. The first-order valence-corrected chi connectivity index (χ1v) is 6.67. The second-order valence-corrected chi connectivity index (χ2v) is 5.64. The van der Waals surface area contributed by atoms with Crippen molar-refractivity contribution in [3.63, 3.8) is 0 Å². The van der Waals surface area contributed by atoms with E-state index in [0.717, 1.165) is 18.4 Å². The summed E-state index contributed by atoms with van der Waals surface area (Å²) in [5.74, 6) is 1.48. The van der Waals surface area contributed by atoms with E-state index in [1.165, 1.54) is 19.3 Å². The average molecular weight is 251 g/mol. The van der Waals surface area contributed by atoms with Crippen molar-refractivity contribution in [2.24, 2.45) is 11.8 Å². The van der Waals surface area contributed by atoms with Gasteiger partial charge in [-0.1, -0.05) is 13.8 Å². The standard InChI is InChI=1S/C13H24F3N/c1-10-7-11(2)9-12(8-10)17-6-4-3-5-13(14,15)16/h10-12,17H,3-9H2,1-2H3. The summed E-state index contributed by atoms with van der Waals surface area (Å²) >= 11 is 0. The van der Waals surface area contributed by atoms with Crippen LogP contribution in [0.15, 0.2) is 0 Å². The van der Waals surface area contributed by atoms with Crippen LogP contribution in [0.2, 0.25) is 0 Å². The lowest BCUT2D eigenvalue weighted by atomic mass is 9.80. The van der Waals surface area contributed by atoms with E-state index in [4.69, 9.17) is 0 Å². The fraction of sp³-hybridized carbons (Fsp3) is 1.00. The Balaban J connectivity index is 2.06. The predicted octanol–water partition coefficient (Wildman–Crippen LogP) is 4.13. The van der Waals surface area contributed by atoms with Gasteiger partial charge in [-0.25, -0.2) is 0 Å². The number of hydrogen-bond donors (Lipinski definition) is 1. The van der Waals surface area contributed by atoms with Crippen molar-refractivity contribution in [1.29, 1.82) is 0 Å². The van der Waals surface area contributed by atoms with Crippen molar-refractivity contribution in [2.75, 3.05) is 6.54 Å². The molecule has 1 rings (SSSR count). The highest BCUT2D eigenvalue weighted by Gasteiger charge is 2.26. The molecule has 1 aliphatic carbocycles. The van der Waals surface area contributed by atoms with Crippen molar-refractivity contribution in [2.45, 2.75) is 64.6 Å². The van der Waals surface area contributed by atoms with Gasteiger partial charge in [0, 0.05) is 12.5 Å². The lowest BCUT2D eigenvalue weighted by Crippen LogP contribution is -2.36. The molecule has 0 aromatic rings. The van der Waals surface area contributed by atoms with Crippen LogP contribution in [0.25, 0.3) is 0 Å². The van der Waals surface area contributed by atoms with Crippen LogP contribution in [0, 0.1) is 11.8 Å². The molecule has 0 bridgehead atoms. The lowest BCUT2D eigenvalue weighted by molar-refractivity contribution is -0.135. The van der Waals surface area contributed by atoms with Crippen molar-refractivity contribution < 1.29 is 13.2 Å². The quantitative estimate of drug-likeness (QED) is 0.724. The zero-order valence-corrected chi connectivity index (χ0v) is 10.8. The maximum Gasteiger partial charge on any atom is 0.389 e. The van der Waals surface area contributed by atoms with Crippen LogP contribution in [-0.4, -0.2) is 18.8 Å². The van der Waals surface area contributed by atoms with E-state index in [1.807, 2.05) is 0 Å². The highest BCUT2D eigenvalue weighted by Crippen LogP contribution is 2.28. The Bertz CT molecular complexity index is 205. The molecular weight excluding hydrogens is 227 g/mol. The Morgan fingerprint density at radius 2 is 1.59 bits per heavy atom. The highest BCUT2D eigenvalue weighted by molar-refractivity contribution is 4.79. The van der Waals surface area contributed by atoms with Crippen molar-refractivity contribution in [1.82, 2.24) is 5.32 Å². The van der Waals surface area contributed by atoms with Gasteiger partial charge >= 0.3 is 6.18 Å². The summed E-state index contributed by atoms with van der Waals surface area (Å²) in [5.41, 5.74) is 0. The van der Waals surface area contributed by atoms with Crippen LogP contribution in [0.4, 0.5) is 13.2 Å². The monoisotopic (exact) mass is 251 g/mol. The second-order valence-electron chi connectivity index (χ2n) is 5.64. The molecule has 0 aromatic heterocycles. The molecule has 102 valence electrons. The van der Waals surface area contributed by atoms with Gasteiger partial charge in [0.05, 0.1) is 0 Å². The Morgan fingerprint density at radius 1 is 1.00 bits per heavy atom. The van der Waals surface area contributed by atoms with E-state index in [-0.39, 0.29) is 6.42 Å². The summed E-state index contributed by atoms with van der Waals surface area (Å²) in [7, 11) is 0. The molecule has 0 amide bonds. The maximum absolute atomic E-state index is 11.9. The highest BCUT2D eigenvalue weighted by atomic mass is 19.4. The molecule has 0 aromatic carbocycles. The molecule has 0 spiro atoms. The molecule has 4 heteroatoms. The van der Waals surface area contributed by atoms with Crippen molar-refractivity contribution in [3.8, 4) is 0 Å². The van der Waals surface area contributed by atoms with Gasteiger partial charge in [-0.2, -0.15) is 13.2 Å². The zero-order chi connectivity index (χ0) is 12.9. The number of alkyl halides is 3. The number of halogens is 3. The fourth-order valence-corrected chi connectivity index (χ4v) is 2.87. The first-order chi connectivity index (χ1) is 7.87. The largest absolute Gasteiger partial charge is 0.389 e. The fourth-order valence-electron chi connectivity index (χ4n) is 2.87. The smallest absolute Gasteiger partial charge is 0.314 e. The Morgan fingerprint density at radius 3 is 2.12 bits per heavy atom. The van der Waals surface area contributed by atoms with Gasteiger partial charge < -0.3 is 5.32 Å². The molecule has 1 saturated carbocycles. The Hall–Kier alpha value is -0.250. The van der Waals surface area contributed by atoms with Gasteiger partial charge in [-0.05, 0) is 50.5 Å². The molecule has 1 aliphatic rings. The van der Waals surface area contributed by atoms with E-state index in [2.05, 4.69) is 19.2 Å². The Labute approximate surface area is 102 Å². The molecule has 0 heterocycles. The summed E-state index contributed by atoms with van der Waals surface area (Å²) in [6, 6.07) is 0.514. The first-order valence-electron chi connectivity index (χ1n) is 6.67. The van der Waals surface area contributed by atoms with Crippen LogP contribution < -0.4 is 5.32 Å². The minimum Gasteiger partial charge on any atom is -0.314 e. The van der Waals surface area contributed by atoms with Crippen LogP contribution in [-0.2, 0) is 0 Å². The molecule has 2 atom stereocenters. The number of nitrogens with one attached hydrogen (secondary N) is 1. The summed E-state index contributed by atoms with van der Waals surface area (Å²) in [6.45, 7) is 5.24. The molecule has 0 radical (unpaired) electrons. The molecule has 1 nitrogen and oxygen atoms in total. The minimum atomic E-state index is -3.99. The topological polar surface area (TPSA) is 12.0 Å². The summed E-state index contributed by atoms with van der Waals surface area (Å²) in [4.78, 5) is 0. The van der Waals surface area contributed by atoms with E-state index in [0.29, 0.717) is 12.5 Å². The van der Waals surface area contributed by atoms with E-state index >= 15 is 0 Å². The van der Waals surface area contributed by atoms with Crippen molar-refractivity contribution >= 4 is 0 Å². The number of hydrogen-bond acceptors (Lipinski definition) is 1. The van der Waals surface area contributed by atoms with Crippen molar-refractivity contribution in [3.05, 3.63) is 0 Å². The maximum atomic E-state index is 11.9. The van der Waals surface area contributed by atoms with Crippen LogP contribution in [0.5, 0.6) is 0 Å². The molecule has 0 aliphatic heterocycles. The normalized spacial score (nSPS) is 30.5. The van der Waals surface area contributed by atoms with Crippen LogP contribution in [0.1, 0.15) is 52.4 Å². The zero-order valence-electron chi connectivity index (χ0n) is 10.8. The SMILES string of the molecule is CC1CC(C)CC(NCCCCC(F)(F)F)C1. The summed E-state index contributed by atoms with van der Waals surface area (Å²) in [6.07, 6.45) is -0.146. The number of unbranched alkanes of at least 4 members (excludes halogenated alkanes) is 1. The third kappa shape index (κ3) is 6.92. The summed E-state index contributed by atoms with van der Waals surface area (Å²) in [5, 5.41) is 3.40. The van der Waals surface area contributed by atoms with E-state index in [9.17, 15) is 13.2 Å². The van der Waals surface area contributed by atoms with Gasteiger partial charge in [-0.15, -0.1) is 0 Å². The van der Waals surface area contributed by atoms with Gasteiger partial charge in [0.2, 0.25) is 0 Å². The average Bonchev–Trinajstić information content (AvgIpc) is 2.13. The molecular formula is C13H24F3N.